The summed E-state index contributed by atoms with van der Waals surface area (Å²) in [6.07, 6.45) is -2.78. The van der Waals surface area contributed by atoms with E-state index < -0.39 is 36.8 Å². The molecule has 0 bridgehead atoms. The lowest BCUT2D eigenvalue weighted by atomic mass is 10.1. The van der Waals surface area contributed by atoms with Gasteiger partial charge in [0.25, 0.3) is 6.23 Å². The number of fused-ring (bicyclic) bond motifs is 1. The normalized spacial score (nSPS) is 24.9. The average Bonchev–Trinajstić information content (AvgIpc) is 3.16. The fourth-order valence-electron chi connectivity index (χ4n) is 3.24. The quantitative estimate of drug-likeness (QED) is 0.215. The van der Waals surface area contributed by atoms with E-state index in [-0.39, 0.29) is 24.0 Å². The predicted molar refractivity (Wildman–Crippen MR) is 106 cm³/mol. The van der Waals surface area contributed by atoms with Gasteiger partial charge in [0, 0.05) is 14.0 Å². The highest BCUT2D eigenvalue weighted by Gasteiger charge is 2.54. The number of thiazole rings is 1. The number of ether oxygens (including phenoxy) is 5. The van der Waals surface area contributed by atoms with Crippen LogP contribution >= 0.6 is 11.3 Å². The molecule has 1 unspecified atom stereocenters. The summed E-state index contributed by atoms with van der Waals surface area (Å²) in [5, 5.41) is 9.89. The van der Waals surface area contributed by atoms with Crippen LogP contribution in [0.2, 0.25) is 0 Å². The molecule has 13 heteroatoms. The van der Waals surface area contributed by atoms with Gasteiger partial charge in [-0.3, -0.25) is 9.59 Å². The zero-order chi connectivity index (χ0) is 21.8. The van der Waals surface area contributed by atoms with Crippen molar-refractivity contribution in [3.63, 3.8) is 0 Å². The summed E-state index contributed by atoms with van der Waals surface area (Å²) in [7, 11) is 1.53. The van der Waals surface area contributed by atoms with E-state index in [9.17, 15) is 14.7 Å². The van der Waals surface area contributed by atoms with Crippen LogP contribution in [0, 0.1) is 0 Å². The molecule has 0 aromatic carbocycles. The van der Waals surface area contributed by atoms with Crippen molar-refractivity contribution >= 4 is 33.6 Å². The molecule has 30 heavy (non-hydrogen) atoms. The summed E-state index contributed by atoms with van der Waals surface area (Å²) in [6.45, 7) is 3.18. The lowest BCUT2D eigenvalue weighted by Gasteiger charge is -2.22. The molecule has 0 aliphatic carbocycles. The highest BCUT2D eigenvalue weighted by Crippen LogP contribution is 2.34. The van der Waals surface area contributed by atoms with Crippen LogP contribution in [0.1, 0.15) is 20.1 Å². The number of rotatable bonds is 9. The van der Waals surface area contributed by atoms with Crippen LogP contribution < -0.4 is 10.6 Å². The van der Waals surface area contributed by atoms with Crippen molar-refractivity contribution < 1.29 is 33.6 Å². The van der Waals surface area contributed by atoms with Gasteiger partial charge in [-0.1, -0.05) is 11.3 Å². The second kappa shape index (κ2) is 9.76. The number of anilines is 1. The van der Waals surface area contributed by atoms with Crippen molar-refractivity contribution in [1.82, 2.24) is 14.5 Å². The molecule has 0 amide bonds. The second-order valence-electron chi connectivity index (χ2n) is 6.61. The number of nitrogens with zero attached hydrogens (tertiary/aromatic N) is 3. The summed E-state index contributed by atoms with van der Waals surface area (Å²) < 4.78 is 28.2. The highest BCUT2D eigenvalue weighted by molar-refractivity contribution is 7.16. The largest absolute Gasteiger partial charge is 0.457 e. The summed E-state index contributed by atoms with van der Waals surface area (Å²) in [5.74, 6) is -0.472. The Bertz CT molecular complexity index is 932. The van der Waals surface area contributed by atoms with E-state index in [1.165, 1.54) is 31.7 Å². The van der Waals surface area contributed by atoms with Gasteiger partial charge in [-0.2, -0.15) is 4.98 Å². The van der Waals surface area contributed by atoms with Gasteiger partial charge >= 0.3 is 10.8 Å². The number of carbonyl (C=O) groups is 1. The Hall–Kier alpha value is -2.16. The van der Waals surface area contributed by atoms with Crippen molar-refractivity contribution in [2.45, 2.75) is 44.7 Å². The lowest BCUT2D eigenvalue weighted by Crippen LogP contribution is -2.41. The molecule has 0 spiro atoms. The van der Waals surface area contributed by atoms with Crippen LogP contribution in [-0.2, 0) is 23.7 Å². The number of hydrogen-bond donors (Lipinski definition) is 2. The minimum atomic E-state index is -1.16. The van der Waals surface area contributed by atoms with E-state index in [1.807, 2.05) is 0 Å². The van der Waals surface area contributed by atoms with E-state index in [0.29, 0.717) is 17.0 Å². The molecular weight excluding hydrogens is 420 g/mol. The van der Waals surface area contributed by atoms with Crippen molar-refractivity contribution in [2.75, 3.05) is 32.7 Å². The molecule has 4 N–H and O–H groups in total. The fraction of sp³-hybridized carbons (Fsp3) is 0.647. The maximum absolute atomic E-state index is 12.8. The van der Waals surface area contributed by atoms with E-state index in [2.05, 4.69) is 14.7 Å². The maximum Gasteiger partial charge on any atom is 0.315 e. The molecule has 0 radical (unpaired) electrons. The Balaban J connectivity index is 2.00. The van der Waals surface area contributed by atoms with Crippen molar-refractivity contribution in [3.8, 4) is 0 Å². The molecule has 5 atom stereocenters. The molecule has 0 saturated carbocycles. The summed E-state index contributed by atoms with van der Waals surface area (Å²) in [5.41, 5.74) is 6.00. The minimum Gasteiger partial charge on any atom is -0.457 e. The predicted octanol–water partition coefficient (Wildman–Crippen LogP) is -0.838. The van der Waals surface area contributed by atoms with Gasteiger partial charge in [-0.15, -0.1) is 0 Å². The molecule has 1 aliphatic heterocycles. The first-order valence-electron chi connectivity index (χ1n) is 9.22. The van der Waals surface area contributed by atoms with Crippen molar-refractivity contribution in [2.24, 2.45) is 0 Å². The number of nitrogens with two attached hydrogens (primary N) is 1. The molecular formula is C17H25N4O8S+. The topological polar surface area (TPSA) is 161 Å². The van der Waals surface area contributed by atoms with Crippen LogP contribution in [0.3, 0.4) is 0 Å². The number of aliphatic hydroxyl groups excluding tert-OH is 1. The molecule has 2 aromatic heterocycles. The van der Waals surface area contributed by atoms with Crippen LogP contribution in [0.25, 0.3) is 10.3 Å². The third kappa shape index (κ3) is 4.94. The van der Waals surface area contributed by atoms with E-state index in [4.69, 9.17) is 24.7 Å². The summed E-state index contributed by atoms with van der Waals surface area (Å²) in [4.78, 5) is 31.8. The Kier molecular flexibility index (Phi) is 7.33. The van der Waals surface area contributed by atoms with Gasteiger partial charge < -0.3 is 34.5 Å². The lowest BCUT2D eigenvalue weighted by molar-refractivity contribution is -0.210. The minimum absolute atomic E-state index is 0.00407. The average molecular weight is 445 g/mol. The van der Waals surface area contributed by atoms with Gasteiger partial charge in [0.15, 0.2) is 30.8 Å². The van der Waals surface area contributed by atoms with Gasteiger partial charge in [0.05, 0.1) is 24.1 Å². The first-order chi connectivity index (χ1) is 14.3. The standard InChI is InChI=1S/C17H24N4O8S/c1-8(22)27-7-10-12(26-5-4-25-3)13(28-9(2)23)15(29-10)21-14-11(30-17(21)24)6-19-16(18)20-14/h6,9-10,12-13,15,23H,4-5,7H2,1-3H3,(H2,18,19,20)/p+1/t9?,10-,12+,13-,15-/m1/s1. The number of methoxy groups -OCH3 is 1. The molecule has 1 fully saturated rings. The zero-order valence-electron chi connectivity index (χ0n) is 16.8. The van der Waals surface area contributed by atoms with Gasteiger partial charge in [0.1, 0.15) is 0 Å². The Labute approximate surface area is 175 Å². The number of esters is 1. The van der Waals surface area contributed by atoms with Crippen LogP contribution in [0.4, 0.5) is 5.95 Å². The van der Waals surface area contributed by atoms with Crippen LogP contribution in [0.5, 0.6) is 0 Å². The molecule has 3 heterocycles. The second-order valence-corrected chi connectivity index (χ2v) is 7.61. The molecule has 1 aliphatic rings. The van der Waals surface area contributed by atoms with E-state index >= 15 is 0 Å². The van der Waals surface area contributed by atoms with Crippen molar-refractivity contribution in [3.05, 3.63) is 15.9 Å². The van der Waals surface area contributed by atoms with Crippen molar-refractivity contribution in [1.29, 1.82) is 0 Å². The summed E-state index contributed by atoms with van der Waals surface area (Å²) >= 11 is 0.940. The monoisotopic (exact) mass is 445 g/mol. The molecule has 3 rings (SSSR count). The molecule has 1 saturated heterocycles. The maximum atomic E-state index is 12.8. The smallest absolute Gasteiger partial charge is 0.315 e. The first kappa shape index (κ1) is 22.5. The van der Waals surface area contributed by atoms with E-state index in [1.54, 1.807) is 0 Å². The SMILES string of the molecule is COCCO[C@@H]1[C@@H](OC(C)O)[C@H](n2c(=O)sc3cnc(N)nc32)[OH+][C@@H]1COC(C)=O. The van der Waals surface area contributed by atoms with Gasteiger partial charge in [-0.05, 0) is 6.92 Å². The fourth-order valence-corrected chi connectivity index (χ4v) is 4.06. The molecule has 2 aromatic rings. The highest BCUT2D eigenvalue weighted by atomic mass is 32.1. The van der Waals surface area contributed by atoms with Crippen LogP contribution in [0.15, 0.2) is 11.0 Å². The van der Waals surface area contributed by atoms with E-state index in [0.717, 1.165) is 11.3 Å². The summed E-state index contributed by atoms with van der Waals surface area (Å²) in [6, 6.07) is 0. The third-order valence-corrected chi connectivity index (χ3v) is 5.27. The van der Waals surface area contributed by atoms with Crippen LogP contribution in [-0.4, -0.2) is 81.9 Å². The number of aliphatic hydroxyl groups is 3. The van der Waals surface area contributed by atoms with Gasteiger partial charge in [-0.25, -0.2) is 9.55 Å². The third-order valence-electron chi connectivity index (χ3n) is 4.39. The number of carbonyl (C=O) groups excluding carboxylic acids is 1. The number of hydrogen-bond acceptors (Lipinski definition) is 11. The molecule has 166 valence electrons. The first-order valence-corrected chi connectivity index (χ1v) is 10.0. The number of aromatic nitrogens is 3. The Morgan fingerprint density at radius 1 is 1.43 bits per heavy atom. The zero-order valence-corrected chi connectivity index (χ0v) is 17.6. The Morgan fingerprint density at radius 2 is 2.20 bits per heavy atom. The molecule has 12 nitrogen and oxygen atoms in total. The number of nitrogen functional groups attached to an aromatic ring is 1. The van der Waals surface area contributed by atoms with Gasteiger partial charge in [0.2, 0.25) is 12.1 Å². The Morgan fingerprint density at radius 3 is 2.87 bits per heavy atom.